The largest absolute Gasteiger partial charge is 0.422 e. The number of nitrogens with one attached hydrogen (secondary N) is 3. The number of benzene rings is 3. The van der Waals surface area contributed by atoms with Crippen molar-refractivity contribution in [1.82, 2.24) is 60.0 Å². The number of carbonyl (C=O) groups excluding carboxylic acids is 12. The van der Waals surface area contributed by atoms with Crippen molar-refractivity contribution in [3.8, 4) is 0 Å². The van der Waals surface area contributed by atoms with E-state index in [1.54, 1.807) is 87.2 Å². The highest BCUT2D eigenvalue weighted by molar-refractivity contribution is 6.01. The summed E-state index contributed by atoms with van der Waals surface area (Å²) < 4.78 is 72.0. The Balaban J connectivity index is 1.33. The van der Waals surface area contributed by atoms with Crippen LogP contribution in [0.25, 0.3) is 0 Å². The second-order valence-electron chi connectivity index (χ2n) is 29.2. The number of alkyl halides is 3. The molecule has 0 bridgehead atoms. The minimum atomic E-state index is -5.42. The van der Waals surface area contributed by atoms with Crippen LogP contribution in [0.15, 0.2) is 66.7 Å². The van der Waals surface area contributed by atoms with Gasteiger partial charge in [0.25, 0.3) is 0 Å². The first-order valence-electron chi connectivity index (χ1n) is 36.4. The summed E-state index contributed by atoms with van der Waals surface area (Å²) in [5.74, 6) is -14.1. The lowest BCUT2D eigenvalue weighted by atomic mass is 9.90. The molecular formula is C76H105F5N12O12. The second-order valence-corrected chi connectivity index (χ2v) is 29.2. The standard InChI is InChI=1S/C76H105F5N12O12/c1-15-46(4)63-72(103)87(10)49(7)67(98)93-38-33-56(93)70(101)89(12)58(42-51-29-27-45(3)28-30-51)69(100)85(8)44-60(94)82-55(32-31-52-39-53(77)62(54(78)40-52)76(79,80)81)68(99)88(11)57(41-50-25-19-17-20-26-50)66(97)84-75(34-21-22-35-75)74(105)91(14)64(47(5)16-2)73(104)90(13)59(71(102)92-36-23-18-24-37-92)43-61(95)86(9)48(6)65(96)83-63/h17,19-20,25-30,39-40,46-49,55-59,63-64H,15-16,18,21-24,31-38,41-44H2,1-14H3,(H,82,94)(H,83,96)(H,84,97)/t46-,47-,48-,49-,55-,56?,57+,58-,59-,63-,64-/m0/s1. The van der Waals surface area contributed by atoms with Crippen molar-refractivity contribution in [3.05, 3.63) is 106 Å². The van der Waals surface area contributed by atoms with Gasteiger partial charge >= 0.3 is 6.18 Å². The van der Waals surface area contributed by atoms with Gasteiger partial charge in [0.05, 0.1) is 13.0 Å². The summed E-state index contributed by atoms with van der Waals surface area (Å²) in [4.78, 5) is 191. The molecule has 3 saturated heterocycles. The summed E-state index contributed by atoms with van der Waals surface area (Å²) >= 11 is 0. The molecule has 11 atom stereocenters. The third-order valence-electron chi connectivity index (χ3n) is 22.1. The van der Waals surface area contributed by atoms with Gasteiger partial charge in [-0.25, -0.2) is 8.78 Å². The minimum absolute atomic E-state index is 0.0549. The number of likely N-dealkylation sites (tertiary alicyclic amines) is 1. The number of carbonyl (C=O) groups is 12. The molecule has 3 aliphatic heterocycles. The summed E-state index contributed by atoms with van der Waals surface area (Å²) in [6, 6.07) is 4.11. The number of likely N-dealkylation sites (N-methyl/N-ethyl adjacent to an activating group) is 7. The Morgan fingerprint density at radius 3 is 1.72 bits per heavy atom. The highest BCUT2D eigenvalue weighted by atomic mass is 19.4. The Morgan fingerprint density at radius 2 is 1.16 bits per heavy atom. The lowest BCUT2D eigenvalue weighted by molar-refractivity contribution is -0.160. The molecule has 24 nitrogen and oxygen atoms in total. The Kier molecular flexibility index (Phi) is 28.4. The number of aryl methyl sites for hydroxylation is 2. The number of fused-ring (bicyclic) bond motifs is 1. The number of halogens is 5. The predicted molar refractivity (Wildman–Crippen MR) is 380 cm³/mol. The highest BCUT2D eigenvalue weighted by Crippen LogP contribution is 2.36. The normalized spacial score (nSPS) is 25.6. The topological polar surface area (TPSA) is 270 Å². The second kappa shape index (κ2) is 35.8. The van der Waals surface area contributed by atoms with Crippen LogP contribution in [0.5, 0.6) is 0 Å². The molecule has 0 radical (unpaired) electrons. The quantitative estimate of drug-likeness (QED) is 0.185. The zero-order valence-electron chi connectivity index (χ0n) is 63.0. The van der Waals surface area contributed by atoms with Gasteiger partial charge in [0.1, 0.15) is 77.1 Å². The van der Waals surface area contributed by atoms with Crippen molar-refractivity contribution < 1.29 is 79.5 Å². The maximum Gasteiger partial charge on any atom is 0.422 e. The smallest absolute Gasteiger partial charge is 0.343 e. The van der Waals surface area contributed by atoms with Crippen LogP contribution in [0.3, 0.4) is 0 Å². The van der Waals surface area contributed by atoms with Gasteiger partial charge in [0.2, 0.25) is 70.9 Å². The van der Waals surface area contributed by atoms with E-state index in [0.29, 0.717) is 74.9 Å². The average Bonchev–Trinajstić information content (AvgIpc) is 1.77. The van der Waals surface area contributed by atoms with E-state index in [1.165, 1.54) is 77.9 Å². The maximum absolute atomic E-state index is 15.7. The van der Waals surface area contributed by atoms with Gasteiger partial charge in [-0.2, -0.15) is 13.2 Å². The van der Waals surface area contributed by atoms with Gasteiger partial charge in [-0.3, -0.25) is 57.5 Å². The van der Waals surface area contributed by atoms with E-state index in [-0.39, 0.29) is 44.2 Å². The monoisotopic (exact) mass is 1470 g/mol. The van der Waals surface area contributed by atoms with E-state index < -0.39 is 192 Å². The van der Waals surface area contributed by atoms with Gasteiger partial charge in [0, 0.05) is 81.8 Å². The van der Waals surface area contributed by atoms with E-state index in [0.717, 1.165) is 36.5 Å². The molecule has 105 heavy (non-hydrogen) atoms. The van der Waals surface area contributed by atoms with Crippen molar-refractivity contribution in [2.45, 2.75) is 211 Å². The maximum atomic E-state index is 15.7. The van der Waals surface area contributed by atoms with E-state index in [9.17, 15) is 46.7 Å². The van der Waals surface area contributed by atoms with Gasteiger partial charge in [0.15, 0.2) is 0 Å². The van der Waals surface area contributed by atoms with E-state index in [4.69, 9.17) is 0 Å². The SMILES string of the molecule is CC[C@H](C)[C@@H]1NC(=O)[C@H](C)N(C)C(=O)C[C@@H](C(=O)N2CCCCC2)N(C)C(=O)[C@H]([C@@H](C)CC)N(C)C(=O)C2(CCCC2)NC(=O)[C@@H](Cc2ccccc2)N(C)C(=O)[C@H](CCc2cc(F)c(C(F)(F)F)c(F)c2)NC(=O)CN(C)C(=O)[C@H](Cc2ccc(C)cc2)N(C)C(=O)C2CCN2C(=O)[C@H](C)N(C)C1=O. The van der Waals surface area contributed by atoms with Crippen LogP contribution in [0.4, 0.5) is 22.0 Å². The fourth-order valence-corrected chi connectivity index (χ4v) is 14.4. The van der Waals surface area contributed by atoms with Crippen LogP contribution < -0.4 is 16.0 Å². The third-order valence-corrected chi connectivity index (χ3v) is 22.1. The Hall–Kier alpha value is -9.05. The van der Waals surface area contributed by atoms with E-state index in [1.807, 2.05) is 6.92 Å². The number of rotatable bonds is 12. The molecule has 29 heteroatoms. The molecule has 4 aliphatic rings. The number of nitrogens with zero attached hydrogens (tertiary/aromatic N) is 9. The minimum Gasteiger partial charge on any atom is -0.343 e. The number of amides is 12. The summed E-state index contributed by atoms with van der Waals surface area (Å²) in [5.41, 5.74) is -2.24. The van der Waals surface area contributed by atoms with E-state index in [2.05, 4.69) is 16.0 Å². The number of hydrogen-bond donors (Lipinski definition) is 3. The van der Waals surface area contributed by atoms with Gasteiger partial charge in [-0.1, -0.05) is 114 Å². The van der Waals surface area contributed by atoms with Crippen LogP contribution in [0, 0.1) is 30.4 Å². The van der Waals surface area contributed by atoms with E-state index >= 15 is 32.8 Å². The van der Waals surface area contributed by atoms with Crippen molar-refractivity contribution in [2.75, 3.05) is 75.5 Å². The highest BCUT2D eigenvalue weighted by Gasteiger charge is 2.51. The molecule has 0 aromatic heterocycles. The molecule has 3 heterocycles. The molecule has 7 rings (SSSR count). The van der Waals surface area contributed by atoms with Crippen LogP contribution in [0.1, 0.15) is 146 Å². The van der Waals surface area contributed by atoms with Gasteiger partial charge < -0.3 is 60.0 Å². The lowest BCUT2D eigenvalue weighted by Gasteiger charge is -2.45. The van der Waals surface area contributed by atoms with Crippen molar-refractivity contribution >= 4 is 70.9 Å². The lowest BCUT2D eigenvalue weighted by Crippen LogP contribution is -2.65. The Bertz CT molecular complexity index is 3640. The van der Waals surface area contributed by atoms with Crippen LogP contribution in [0.2, 0.25) is 0 Å². The molecule has 3 aromatic carbocycles. The van der Waals surface area contributed by atoms with Crippen LogP contribution in [-0.4, -0.2) is 250 Å². The molecule has 1 saturated carbocycles. The zero-order valence-corrected chi connectivity index (χ0v) is 63.0. The molecule has 576 valence electrons. The van der Waals surface area contributed by atoms with Crippen LogP contribution in [-0.2, 0) is 83.0 Å². The molecule has 1 unspecified atom stereocenters. The average molecular weight is 1470 g/mol. The van der Waals surface area contributed by atoms with Crippen LogP contribution >= 0.6 is 0 Å². The molecule has 1 aliphatic carbocycles. The molecule has 3 aromatic rings. The molecule has 4 fully saturated rings. The molecule has 3 N–H and O–H groups in total. The fourth-order valence-electron chi connectivity index (χ4n) is 14.4. The summed E-state index contributed by atoms with van der Waals surface area (Å²) in [6.45, 7) is 11.8. The zero-order chi connectivity index (χ0) is 77.9. The molecule has 1 spiro atoms. The molecule has 12 amide bonds. The first-order chi connectivity index (χ1) is 49.4. The summed E-state index contributed by atoms with van der Waals surface area (Å²) in [6.07, 6.45) is -3.55. The first-order valence-corrected chi connectivity index (χ1v) is 36.4. The number of hydrogen-bond acceptors (Lipinski definition) is 12. The van der Waals surface area contributed by atoms with Crippen molar-refractivity contribution in [3.63, 3.8) is 0 Å². The fraction of sp³-hybridized carbons (Fsp3) is 0.605. The number of piperidine rings is 1. The van der Waals surface area contributed by atoms with Crippen molar-refractivity contribution in [2.24, 2.45) is 11.8 Å². The summed E-state index contributed by atoms with van der Waals surface area (Å²) in [7, 11) is 9.40. The Labute approximate surface area is 612 Å². The van der Waals surface area contributed by atoms with Gasteiger partial charge in [-0.15, -0.1) is 0 Å². The summed E-state index contributed by atoms with van der Waals surface area (Å²) in [5, 5.41) is 8.42. The van der Waals surface area contributed by atoms with Crippen molar-refractivity contribution in [1.29, 1.82) is 0 Å². The molecular weight excluding hydrogens is 1370 g/mol. The third kappa shape index (κ3) is 19.5. The first kappa shape index (κ1) is 83.2. The van der Waals surface area contributed by atoms with Gasteiger partial charge in [-0.05, 0) is 113 Å². The Morgan fingerprint density at radius 1 is 0.590 bits per heavy atom. The predicted octanol–water partition coefficient (Wildman–Crippen LogP) is 5.68.